The van der Waals surface area contributed by atoms with Crippen molar-refractivity contribution in [3.8, 4) is 17.1 Å². The molecule has 3 aromatic carbocycles. The minimum atomic E-state index is -0.341. The highest BCUT2D eigenvalue weighted by Crippen LogP contribution is 2.33. The summed E-state index contributed by atoms with van der Waals surface area (Å²) in [7, 11) is 0. The number of para-hydroxylation sites is 1. The Labute approximate surface area is 182 Å². The Morgan fingerprint density at radius 3 is 2.48 bits per heavy atom. The topological polar surface area (TPSA) is 30.7 Å². The Morgan fingerprint density at radius 1 is 0.966 bits per heavy atom. The number of aromatic nitrogens is 3. The number of benzene rings is 3. The summed E-state index contributed by atoms with van der Waals surface area (Å²) in [6, 6.07) is 19.9. The summed E-state index contributed by atoms with van der Waals surface area (Å²) in [5.74, 6) is 0.700. The van der Waals surface area contributed by atoms with Crippen molar-refractivity contribution < 1.29 is 4.39 Å². The lowest BCUT2D eigenvalue weighted by atomic mass is 10.1. The van der Waals surface area contributed by atoms with Crippen LogP contribution in [-0.2, 0) is 5.75 Å². The molecule has 0 aliphatic carbocycles. The van der Waals surface area contributed by atoms with Gasteiger partial charge in [0.2, 0.25) is 0 Å². The molecule has 3 nitrogen and oxygen atoms in total. The van der Waals surface area contributed by atoms with Gasteiger partial charge in [0.1, 0.15) is 5.82 Å². The zero-order chi connectivity index (χ0) is 20.4. The van der Waals surface area contributed by atoms with Gasteiger partial charge < -0.3 is 0 Å². The van der Waals surface area contributed by atoms with Crippen LogP contribution in [0.25, 0.3) is 17.1 Å². The van der Waals surface area contributed by atoms with Gasteiger partial charge in [0.15, 0.2) is 11.0 Å². The Kier molecular flexibility index (Phi) is 5.90. The van der Waals surface area contributed by atoms with Gasteiger partial charge in [-0.25, -0.2) is 4.39 Å². The van der Waals surface area contributed by atoms with Crippen molar-refractivity contribution in [1.29, 1.82) is 0 Å². The van der Waals surface area contributed by atoms with E-state index in [1.54, 1.807) is 30.3 Å². The van der Waals surface area contributed by atoms with Crippen LogP contribution in [-0.4, -0.2) is 14.8 Å². The van der Waals surface area contributed by atoms with Gasteiger partial charge in [-0.15, -0.1) is 10.2 Å². The molecule has 29 heavy (non-hydrogen) atoms. The number of rotatable bonds is 5. The molecule has 0 radical (unpaired) electrons. The first kappa shape index (κ1) is 20.0. The van der Waals surface area contributed by atoms with E-state index in [1.165, 1.54) is 17.8 Å². The van der Waals surface area contributed by atoms with Gasteiger partial charge in [-0.3, -0.25) is 4.57 Å². The van der Waals surface area contributed by atoms with Crippen LogP contribution in [0.4, 0.5) is 4.39 Å². The van der Waals surface area contributed by atoms with Crippen LogP contribution in [0.15, 0.2) is 71.9 Å². The van der Waals surface area contributed by atoms with Crippen LogP contribution in [0.3, 0.4) is 0 Å². The second kappa shape index (κ2) is 8.57. The Morgan fingerprint density at radius 2 is 1.72 bits per heavy atom. The average molecular weight is 444 g/mol. The van der Waals surface area contributed by atoms with Crippen LogP contribution in [0.2, 0.25) is 10.0 Å². The lowest BCUT2D eigenvalue weighted by molar-refractivity contribution is 0.629. The highest BCUT2D eigenvalue weighted by Gasteiger charge is 2.20. The summed E-state index contributed by atoms with van der Waals surface area (Å²) in [6.45, 7) is 2.00. The molecule has 0 bridgehead atoms. The fourth-order valence-corrected chi connectivity index (χ4v) is 4.50. The predicted molar refractivity (Wildman–Crippen MR) is 118 cm³/mol. The number of thioether (sulfide) groups is 1. The third-order valence-corrected chi connectivity index (χ3v) is 6.04. The standard InChI is InChI=1S/C22H16Cl2FN3S/c1-14-6-2-5-9-20(14)28-21(17-7-3-4-8-19(17)25)26-27-22(28)29-13-15-10-11-16(23)12-18(15)24/h2-12H,13H2,1H3. The van der Waals surface area contributed by atoms with Crippen molar-refractivity contribution in [2.24, 2.45) is 0 Å². The number of nitrogens with zero attached hydrogens (tertiary/aromatic N) is 3. The van der Waals surface area contributed by atoms with Crippen molar-refractivity contribution >= 4 is 35.0 Å². The zero-order valence-electron chi connectivity index (χ0n) is 15.4. The Hall–Kier alpha value is -2.34. The summed E-state index contributed by atoms with van der Waals surface area (Å²) in [5.41, 5.74) is 3.28. The molecule has 1 aromatic heterocycles. The highest BCUT2D eigenvalue weighted by molar-refractivity contribution is 7.98. The zero-order valence-corrected chi connectivity index (χ0v) is 17.8. The molecule has 4 aromatic rings. The molecular weight excluding hydrogens is 428 g/mol. The minimum absolute atomic E-state index is 0.341. The largest absolute Gasteiger partial charge is 0.270 e. The van der Waals surface area contributed by atoms with E-state index in [0.29, 0.717) is 32.3 Å². The third kappa shape index (κ3) is 4.17. The van der Waals surface area contributed by atoms with Crippen LogP contribution in [0.1, 0.15) is 11.1 Å². The number of aryl methyl sites for hydroxylation is 1. The minimum Gasteiger partial charge on any atom is -0.270 e. The number of hydrogen-bond acceptors (Lipinski definition) is 3. The van der Waals surface area contributed by atoms with E-state index < -0.39 is 0 Å². The van der Waals surface area contributed by atoms with Crippen molar-refractivity contribution in [1.82, 2.24) is 14.8 Å². The molecule has 146 valence electrons. The fraction of sp³-hybridized carbons (Fsp3) is 0.0909. The molecule has 0 saturated heterocycles. The summed E-state index contributed by atoms with van der Waals surface area (Å²) < 4.78 is 16.4. The summed E-state index contributed by atoms with van der Waals surface area (Å²) in [6.07, 6.45) is 0. The maximum atomic E-state index is 14.5. The van der Waals surface area contributed by atoms with E-state index in [2.05, 4.69) is 10.2 Å². The summed E-state index contributed by atoms with van der Waals surface area (Å²) >= 11 is 13.8. The summed E-state index contributed by atoms with van der Waals surface area (Å²) in [4.78, 5) is 0. The molecule has 0 atom stereocenters. The third-order valence-electron chi connectivity index (χ3n) is 4.48. The van der Waals surface area contributed by atoms with Crippen molar-refractivity contribution in [3.05, 3.63) is 93.7 Å². The first-order valence-corrected chi connectivity index (χ1v) is 10.6. The second-order valence-corrected chi connectivity index (χ2v) is 8.22. The van der Waals surface area contributed by atoms with Gasteiger partial charge in [0.05, 0.1) is 11.3 Å². The molecule has 0 N–H and O–H groups in total. The first-order valence-electron chi connectivity index (χ1n) is 8.87. The van der Waals surface area contributed by atoms with Crippen LogP contribution >= 0.6 is 35.0 Å². The molecular formula is C22H16Cl2FN3S. The average Bonchev–Trinajstić information content (AvgIpc) is 3.11. The molecule has 0 aliphatic heterocycles. The van der Waals surface area contributed by atoms with Crippen LogP contribution in [0.5, 0.6) is 0 Å². The van der Waals surface area contributed by atoms with Crippen LogP contribution in [0, 0.1) is 12.7 Å². The molecule has 0 spiro atoms. The van der Waals surface area contributed by atoms with Crippen LogP contribution < -0.4 is 0 Å². The molecule has 1 heterocycles. The molecule has 0 aliphatic rings. The Balaban J connectivity index is 1.78. The summed E-state index contributed by atoms with van der Waals surface area (Å²) in [5, 5.41) is 10.5. The lowest BCUT2D eigenvalue weighted by Gasteiger charge is -2.13. The molecule has 0 unspecified atom stereocenters. The van der Waals surface area contributed by atoms with E-state index in [4.69, 9.17) is 23.2 Å². The Bertz CT molecular complexity index is 1180. The number of halogens is 3. The van der Waals surface area contributed by atoms with E-state index in [0.717, 1.165) is 16.8 Å². The predicted octanol–water partition coefficient (Wildman–Crippen LogP) is 6.98. The van der Waals surface area contributed by atoms with E-state index in [-0.39, 0.29) is 5.82 Å². The molecule has 4 rings (SSSR count). The fourth-order valence-electron chi connectivity index (χ4n) is 2.99. The van der Waals surface area contributed by atoms with E-state index in [1.807, 2.05) is 41.8 Å². The monoisotopic (exact) mass is 443 g/mol. The van der Waals surface area contributed by atoms with Gasteiger partial charge in [-0.1, -0.05) is 71.4 Å². The lowest BCUT2D eigenvalue weighted by Crippen LogP contribution is -2.03. The normalized spacial score (nSPS) is 11.0. The maximum absolute atomic E-state index is 14.5. The van der Waals surface area contributed by atoms with E-state index in [9.17, 15) is 4.39 Å². The maximum Gasteiger partial charge on any atom is 0.196 e. The molecule has 0 amide bonds. The first-order chi connectivity index (χ1) is 14.0. The quantitative estimate of drug-likeness (QED) is 0.311. The van der Waals surface area contributed by atoms with Gasteiger partial charge in [-0.05, 0) is 48.4 Å². The number of hydrogen-bond donors (Lipinski definition) is 0. The van der Waals surface area contributed by atoms with Crippen molar-refractivity contribution in [2.75, 3.05) is 0 Å². The smallest absolute Gasteiger partial charge is 0.196 e. The molecule has 0 saturated carbocycles. The second-order valence-electron chi connectivity index (χ2n) is 6.43. The molecule has 0 fully saturated rings. The van der Waals surface area contributed by atoms with E-state index >= 15 is 0 Å². The highest BCUT2D eigenvalue weighted by atomic mass is 35.5. The SMILES string of the molecule is Cc1ccccc1-n1c(SCc2ccc(Cl)cc2Cl)nnc1-c1ccccc1F. The van der Waals surface area contributed by atoms with Crippen molar-refractivity contribution in [2.45, 2.75) is 17.8 Å². The van der Waals surface area contributed by atoms with Gasteiger partial charge in [0.25, 0.3) is 0 Å². The van der Waals surface area contributed by atoms with Gasteiger partial charge in [-0.2, -0.15) is 0 Å². The molecule has 7 heteroatoms. The van der Waals surface area contributed by atoms with Gasteiger partial charge >= 0.3 is 0 Å². The van der Waals surface area contributed by atoms with Crippen molar-refractivity contribution in [3.63, 3.8) is 0 Å². The van der Waals surface area contributed by atoms with Gasteiger partial charge in [0, 0.05) is 15.8 Å².